The molecule has 0 aliphatic rings. The predicted octanol–water partition coefficient (Wildman–Crippen LogP) is 7.85. The maximum Gasteiger partial charge on any atom is 0.263 e. The van der Waals surface area contributed by atoms with E-state index in [2.05, 4.69) is 77.7 Å². The van der Waals surface area contributed by atoms with Gasteiger partial charge >= 0.3 is 0 Å². The largest absolute Gasteiger partial charge is 0.344 e. The minimum absolute atomic E-state index is 0.0734. The zero-order chi connectivity index (χ0) is 27.1. The van der Waals surface area contributed by atoms with Crippen molar-refractivity contribution in [3.63, 3.8) is 0 Å². The number of hydrogen-bond acceptors (Lipinski definition) is 6. The Bertz CT molecular complexity index is 1280. The van der Waals surface area contributed by atoms with Gasteiger partial charge in [0.05, 0.1) is 22.8 Å². The molecule has 198 valence electrons. The molecule has 0 fully saturated rings. The summed E-state index contributed by atoms with van der Waals surface area (Å²) in [6.07, 6.45) is 6.84. The number of carbonyl (C=O) groups excluding carboxylic acids is 2. The van der Waals surface area contributed by atoms with E-state index >= 15 is 0 Å². The van der Waals surface area contributed by atoms with Gasteiger partial charge in [-0.25, -0.2) is 9.97 Å². The van der Waals surface area contributed by atoms with Crippen LogP contribution in [-0.4, -0.2) is 28.2 Å². The van der Waals surface area contributed by atoms with E-state index < -0.39 is 0 Å². The minimum Gasteiger partial charge on any atom is -0.344 e. The molecule has 1 N–H and O–H groups in total. The van der Waals surface area contributed by atoms with Gasteiger partial charge in [-0.3, -0.25) is 9.59 Å². The van der Waals surface area contributed by atoms with Gasteiger partial charge in [0.1, 0.15) is 14.9 Å². The quantitative estimate of drug-likeness (QED) is 0.184. The van der Waals surface area contributed by atoms with Crippen molar-refractivity contribution < 1.29 is 9.59 Å². The lowest BCUT2D eigenvalue weighted by atomic mass is 10.1. The molecule has 4 rings (SSSR count). The summed E-state index contributed by atoms with van der Waals surface area (Å²) in [5.41, 5.74) is 5.99. The SMILES string of the molecule is CCCCc1ccc(-c2nc(C)c(C(=O)CNC(=O)c3sc(-c4ccc(CCCC)cc4)nc3C)s2)cc1. The molecule has 2 aromatic heterocycles. The molecule has 1 amide bonds. The Morgan fingerprint density at radius 3 is 1.63 bits per heavy atom. The summed E-state index contributed by atoms with van der Waals surface area (Å²) < 4.78 is 0. The van der Waals surface area contributed by atoms with Crippen molar-refractivity contribution in [2.45, 2.75) is 66.2 Å². The van der Waals surface area contributed by atoms with Gasteiger partial charge in [0, 0.05) is 11.1 Å². The number of nitrogens with one attached hydrogen (secondary N) is 1. The number of carbonyl (C=O) groups is 2. The Balaban J connectivity index is 1.38. The average molecular weight is 546 g/mol. The monoisotopic (exact) mass is 545 g/mol. The van der Waals surface area contributed by atoms with Crippen molar-refractivity contribution in [2.75, 3.05) is 6.54 Å². The number of unbranched alkanes of at least 4 members (excludes halogenated alkanes) is 2. The number of ketones is 1. The van der Waals surface area contributed by atoms with E-state index in [1.807, 2.05) is 13.8 Å². The van der Waals surface area contributed by atoms with E-state index in [0.717, 1.165) is 34.0 Å². The summed E-state index contributed by atoms with van der Waals surface area (Å²) in [6.45, 7) is 7.99. The molecule has 5 nitrogen and oxygen atoms in total. The van der Waals surface area contributed by atoms with E-state index in [4.69, 9.17) is 0 Å². The maximum atomic E-state index is 13.0. The van der Waals surface area contributed by atoms with Gasteiger partial charge < -0.3 is 5.32 Å². The van der Waals surface area contributed by atoms with Gasteiger partial charge in [-0.1, -0.05) is 75.2 Å². The van der Waals surface area contributed by atoms with Gasteiger partial charge in [-0.2, -0.15) is 0 Å². The van der Waals surface area contributed by atoms with Gasteiger partial charge in [0.25, 0.3) is 5.91 Å². The highest BCUT2D eigenvalue weighted by Gasteiger charge is 2.20. The first-order chi connectivity index (χ1) is 18.4. The fourth-order valence-electron chi connectivity index (χ4n) is 4.22. The molecule has 0 saturated heterocycles. The summed E-state index contributed by atoms with van der Waals surface area (Å²) in [4.78, 5) is 36.3. The van der Waals surface area contributed by atoms with E-state index in [-0.39, 0.29) is 18.2 Å². The van der Waals surface area contributed by atoms with Crippen LogP contribution in [0.25, 0.3) is 21.1 Å². The second-order valence-corrected chi connectivity index (χ2v) is 11.6. The van der Waals surface area contributed by atoms with Crippen LogP contribution < -0.4 is 5.32 Å². The summed E-state index contributed by atoms with van der Waals surface area (Å²) >= 11 is 2.74. The summed E-state index contributed by atoms with van der Waals surface area (Å²) in [5.74, 6) is -0.409. The molecular weight excluding hydrogens is 510 g/mol. The number of aryl methyl sites for hydroxylation is 4. The van der Waals surface area contributed by atoms with Crippen LogP contribution in [0.15, 0.2) is 48.5 Å². The molecule has 2 aromatic carbocycles. The van der Waals surface area contributed by atoms with Crippen molar-refractivity contribution in [2.24, 2.45) is 0 Å². The smallest absolute Gasteiger partial charge is 0.263 e. The maximum absolute atomic E-state index is 13.0. The highest BCUT2D eigenvalue weighted by atomic mass is 32.1. The highest BCUT2D eigenvalue weighted by Crippen LogP contribution is 2.30. The molecule has 0 unspecified atom stereocenters. The second kappa shape index (κ2) is 13.1. The molecule has 0 aliphatic heterocycles. The molecule has 0 aliphatic carbocycles. The topological polar surface area (TPSA) is 72.0 Å². The van der Waals surface area contributed by atoms with Crippen molar-refractivity contribution in [1.29, 1.82) is 0 Å². The van der Waals surface area contributed by atoms with Crippen molar-refractivity contribution >= 4 is 34.4 Å². The Morgan fingerprint density at radius 2 is 1.16 bits per heavy atom. The van der Waals surface area contributed by atoms with Gasteiger partial charge in [0.2, 0.25) is 0 Å². The number of aromatic nitrogens is 2. The zero-order valence-electron chi connectivity index (χ0n) is 22.6. The molecule has 38 heavy (non-hydrogen) atoms. The number of amides is 1. The first-order valence-electron chi connectivity index (χ1n) is 13.3. The normalized spacial score (nSPS) is 11.1. The summed E-state index contributed by atoms with van der Waals surface area (Å²) in [7, 11) is 0. The first-order valence-corrected chi connectivity index (χ1v) is 15.0. The Morgan fingerprint density at radius 1 is 0.711 bits per heavy atom. The van der Waals surface area contributed by atoms with Crippen LogP contribution >= 0.6 is 22.7 Å². The number of nitrogens with zero attached hydrogens (tertiary/aromatic N) is 2. The van der Waals surface area contributed by atoms with Crippen molar-refractivity contribution in [1.82, 2.24) is 15.3 Å². The third-order valence-electron chi connectivity index (χ3n) is 6.50. The summed E-state index contributed by atoms with van der Waals surface area (Å²) in [5, 5.41) is 4.43. The van der Waals surface area contributed by atoms with E-state index in [1.165, 1.54) is 59.5 Å². The fourth-order valence-corrected chi connectivity index (χ4v) is 6.22. The number of benzene rings is 2. The zero-order valence-corrected chi connectivity index (χ0v) is 24.2. The van der Waals surface area contributed by atoms with Crippen LogP contribution in [0.5, 0.6) is 0 Å². The van der Waals surface area contributed by atoms with Crippen molar-refractivity contribution in [3.05, 3.63) is 80.8 Å². The molecule has 0 radical (unpaired) electrons. The number of Topliss-reactive ketones (excluding diaryl/α,β-unsaturated/α-hetero) is 1. The predicted molar refractivity (Wildman–Crippen MR) is 158 cm³/mol. The van der Waals surface area contributed by atoms with Crippen molar-refractivity contribution in [3.8, 4) is 21.1 Å². The lowest BCUT2D eigenvalue weighted by molar-refractivity contribution is 0.0907. The minimum atomic E-state index is -0.274. The van der Waals surface area contributed by atoms with Crippen LogP contribution in [0.2, 0.25) is 0 Å². The molecule has 0 saturated carbocycles. The lowest BCUT2D eigenvalue weighted by Crippen LogP contribution is -2.29. The lowest BCUT2D eigenvalue weighted by Gasteiger charge is -2.03. The molecule has 4 aromatic rings. The fraction of sp³-hybridized carbons (Fsp3) is 0.355. The Hall–Kier alpha value is -3.16. The van der Waals surface area contributed by atoms with E-state index in [1.54, 1.807) is 0 Å². The molecule has 7 heteroatoms. The van der Waals surface area contributed by atoms with E-state index in [9.17, 15) is 9.59 Å². The molecule has 2 heterocycles. The molecular formula is C31H35N3O2S2. The van der Waals surface area contributed by atoms with Crippen LogP contribution in [0.3, 0.4) is 0 Å². The third-order valence-corrected chi connectivity index (χ3v) is 8.95. The average Bonchev–Trinajstić information content (AvgIpc) is 3.52. The van der Waals surface area contributed by atoms with Crippen LogP contribution in [0.1, 0.15) is 81.4 Å². The highest BCUT2D eigenvalue weighted by molar-refractivity contribution is 7.17. The van der Waals surface area contributed by atoms with E-state index in [0.29, 0.717) is 21.1 Å². The van der Waals surface area contributed by atoms with Crippen LogP contribution in [0.4, 0.5) is 0 Å². The summed E-state index contributed by atoms with van der Waals surface area (Å²) in [6, 6.07) is 16.8. The van der Waals surface area contributed by atoms with Gasteiger partial charge in [-0.15, -0.1) is 22.7 Å². The Kier molecular flexibility index (Phi) is 9.58. The Labute approximate surface area is 233 Å². The first kappa shape index (κ1) is 27.9. The van der Waals surface area contributed by atoms with Crippen LogP contribution in [-0.2, 0) is 12.8 Å². The van der Waals surface area contributed by atoms with Crippen LogP contribution in [0, 0.1) is 13.8 Å². The molecule has 0 bridgehead atoms. The third kappa shape index (κ3) is 6.83. The standard InChI is InChI=1S/C31H35N3O2S2/c1-5-7-9-22-11-15-24(16-12-22)30-33-20(3)27(37-30)26(35)19-32-29(36)28-21(4)34-31(38-28)25-17-13-23(14-18-25)10-8-6-2/h11-18H,5-10,19H2,1-4H3,(H,32,36). The second-order valence-electron chi connectivity index (χ2n) is 9.57. The number of rotatable bonds is 12. The molecule has 0 atom stereocenters. The number of hydrogen-bond donors (Lipinski definition) is 1. The van der Waals surface area contributed by atoms with Gasteiger partial charge in [-0.05, 0) is 50.7 Å². The van der Waals surface area contributed by atoms with Gasteiger partial charge in [0.15, 0.2) is 5.78 Å². The number of thiazole rings is 2. The molecule has 0 spiro atoms.